The zero-order chi connectivity index (χ0) is 22.9. The number of rotatable bonds is 8. The maximum Gasteiger partial charge on any atom is 0.339 e. The van der Waals surface area contributed by atoms with Crippen LogP contribution in [-0.2, 0) is 9.53 Å². The van der Waals surface area contributed by atoms with Crippen LogP contribution in [0.15, 0.2) is 36.5 Å². The topological polar surface area (TPSA) is 72.0 Å². The van der Waals surface area contributed by atoms with Gasteiger partial charge in [-0.05, 0) is 44.0 Å². The average Bonchev–Trinajstić information content (AvgIpc) is 3.04. The van der Waals surface area contributed by atoms with E-state index in [1.54, 1.807) is 19.1 Å². The minimum atomic E-state index is -0.757. The van der Waals surface area contributed by atoms with E-state index >= 15 is 0 Å². The number of carbonyl (C=O) groups excluding carboxylic acids is 2. The molecule has 9 heteroatoms. The molecule has 172 valence electrons. The zero-order valence-corrected chi connectivity index (χ0v) is 18.1. The number of hydrogen-bond acceptors (Lipinski definition) is 6. The molecule has 0 aliphatic carbocycles. The lowest BCUT2D eigenvalue weighted by Gasteiger charge is -2.23. The summed E-state index contributed by atoms with van der Waals surface area (Å²) in [6.07, 6.45) is 3.03. The summed E-state index contributed by atoms with van der Waals surface area (Å²) in [6.45, 7) is 4.83. The van der Waals surface area contributed by atoms with Gasteiger partial charge in [-0.25, -0.2) is 18.6 Å². The molecule has 1 amide bonds. The minimum absolute atomic E-state index is 0.0145. The molecule has 0 radical (unpaired) electrons. The monoisotopic (exact) mass is 447 g/mol. The lowest BCUT2D eigenvalue weighted by atomic mass is 10.2. The first-order valence-corrected chi connectivity index (χ1v) is 10.7. The number of ether oxygens (including phenoxy) is 2. The van der Waals surface area contributed by atoms with Crippen molar-refractivity contribution in [3.8, 4) is 5.75 Å². The molecule has 0 saturated carbocycles. The molecule has 7 nitrogen and oxygen atoms in total. The van der Waals surface area contributed by atoms with Gasteiger partial charge in [-0.3, -0.25) is 4.79 Å². The number of halogens is 2. The first kappa shape index (κ1) is 23.4. The van der Waals surface area contributed by atoms with E-state index in [4.69, 9.17) is 9.47 Å². The first-order valence-electron chi connectivity index (χ1n) is 10.7. The third kappa shape index (κ3) is 6.38. The Kier molecular flexibility index (Phi) is 8.35. The van der Waals surface area contributed by atoms with Crippen molar-refractivity contribution in [2.45, 2.75) is 26.2 Å². The molecule has 1 saturated heterocycles. The summed E-state index contributed by atoms with van der Waals surface area (Å²) >= 11 is 0. The molecule has 1 aliphatic heterocycles. The van der Waals surface area contributed by atoms with Crippen LogP contribution in [0.25, 0.3) is 0 Å². The Labute approximate surface area is 185 Å². The van der Waals surface area contributed by atoms with Gasteiger partial charge in [-0.1, -0.05) is 0 Å². The molecule has 2 aromatic rings. The molecule has 2 heterocycles. The van der Waals surface area contributed by atoms with Crippen LogP contribution in [0.1, 0.15) is 36.5 Å². The maximum atomic E-state index is 13.6. The van der Waals surface area contributed by atoms with Crippen LogP contribution in [0.5, 0.6) is 5.75 Å². The van der Waals surface area contributed by atoms with Gasteiger partial charge < -0.3 is 19.3 Å². The zero-order valence-electron chi connectivity index (χ0n) is 18.1. The Morgan fingerprint density at radius 3 is 2.66 bits per heavy atom. The number of aromatic nitrogens is 1. The van der Waals surface area contributed by atoms with Crippen molar-refractivity contribution >= 4 is 17.7 Å². The van der Waals surface area contributed by atoms with Crippen LogP contribution in [0, 0.1) is 11.6 Å². The van der Waals surface area contributed by atoms with E-state index in [1.807, 2.05) is 4.90 Å². The van der Waals surface area contributed by atoms with Gasteiger partial charge in [0.2, 0.25) is 5.91 Å². The van der Waals surface area contributed by atoms with E-state index in [2.05, 4.69) is 9.88 Å². The standard InChI is InChI=1S/C23H27F2N3O4/c1-2-31-23(30)17-6-9-21(26-16-17)27-10-4-11-28(13-12-27)22(29)5-3-14-32-20-8-7-18(24)15-19(20)25/h6-9,15-16H,2-5,10-14H2,1H3. The van der Waals surface area contributed by atoms with Gasteiger partial charge in [0.1, 0.15) is 11.6 Å². The highest BCUT2D eigenvalue weighted by molar-refractivity contribution is 5.89. The predicted octanol–water partition coefficient (Wildman–Crippen LogP) is 3.43. The fourth-order valence-electron chi connectivity index (χ4n) is 3.46. The van der Waals surface area contributed by atoms with Crippen molar-refractivity contribution in [2.75, 3.05) is 44.3 Å². The summed E-state index contributed by atoms with van der Waals surface area (Å²) < 4.78 is 36.8. The number of esters is 1. The van der Waals surface area contributed by atoms with Gasteiger partial charge in [0.05, 0.1) is 18.8 Å². The van der Waals surface area contributed by atoms with E-state index in [0.29, 0.717) is 38.2 Å². The second kappa shape index (κ2) is 11.4. The fourth-order valence-corrected chi connectivity index (χ4v) is 3.46. The van der Waals surface area contributed by atoms with E-state index < -0.39 is 17.6 Å². The average molecular weight is 447 g/mol. The minimum Gasteiger partial charge on any atom is -0.491 e. The summed E-state index contributed by atoms with van der Waals surface area (Å²) in [6, 6.07) is 6.62. The number of benzene rings is 1. The molecule has 1 aromatic heterocycles. The number of nitrogens with zero attached hydrogens (tertiary/aromatic N) is 3. The van der Waals surface area contributed by atoms with Crippen molar-refractivity contribution in [3.63, 3.8) is 0 Å². The van der Waals surface area contributed by atoms with Crippen LogP contribution >= 0.6 is 0 Å². The molecule has 1 aliphatic rings. The SMILES string of the molecule is CCOC(=O)c1ccc(N2CCCN(C(=O)CCCOc3ccc(F)cc3F)CC2)nc1. The smallest absolute Gasteiger partial charge is 0.339 e. The van der Waals surface area contributed by atoms with E-state index in [0.717, 1.165) is 30.9 Å². The van der Waals surface area contributed by atoms with E-state index in [1.165, 1.54) is 12.3 Å². The molecule has 3 rings (SSSR count). The van der Waals surface area contributed by atoms with E-state index in [-0.39, 0.29) is 24.7 Å². The van der Waals surface area contributed by atoms with Crippen molar-refractivity contribution in [3.05, 3.63) is 53.7 Å². The third-order valence-corrected chi connectivity index (χ3v) is 5.12. The molecule has 1 aromatic carbocycles. The lowest BCUT2D eigenvalue weighted by Crippen LogP contribution is -2.35. The lowest BCUT2D eigenvalue weighted by molar-refractivity contribution is -0.131. The van der Waals surface area contributed by atoms with E-state index in [9.17, 15) is 18.4 Å². The predicted molar refractivity (Wildman–Crippen MR) is 115 cm³/mol. The highest BCUT2D eigenvalue weighted by Gasteiger charge is 2.20. The maximum absolute atomic E-state index is 13.6. The Balaban J connectivity index is 1.44. The quantitative estimate of drug-likeness (QED) is 0.456. The highest BCUT2D eigenvalue weighted by Crippen LogP contribution is 2.18. The molecule has 0 unspecified atom stereocenters. The van der Waals surface area contributed by atoms with Crippen molar-refractivity contribution < 1.29 is 27.8 Å². The summed E-state index contributed by atoms with van der Waals surface area (Å²) in [4.78, 5) is 32.6. The first-order chi connectivity index (χ1) is 15.5. The molecular weight excluding hydrogens is 420 g/mol. The second-order valence-corrected chi connectivity index (χ2v) is 7.37. The summed E-state index contributed by atoms with van der Waals surface area (Å²) in [5.74, 6) is -1.07. The van der Waals surface area contributed by atoms with Crippen LogP contribution in [0.2, 0.25) is 0 Å². The van der Waals surface area contributed by atoms with Crippen LogP contribution in [-0.4, -0.2) is 61.2 Å². The molecule has 32 heavy (non-hydrogen) atoms. The number of pyridine rings is 1. The summed E-state index contributed by atoms with van der Waals surface area (Å²) in [5, 5.41) is 0. The molecular formula is C23H27F2N3O4. The molecule has 1 fully saturated rings. The van der Waals surface area contributed by atoms with Crippen LogP contribution in [0.4, 0.5) is 14.6 Å². The third-order valence-electron chi connectivity index (χ3n) is 5.12. The number of amides is 1. The van der Waals surface area contributed by atoms with Crippen LogP contribution in [0.3, 0.4) is 0 Å². The number of carbonyl (C=O) groups is 2. The van der Waals surface area contributed by atoms with Crippen LogP contribution < -0.4 is 9.64 Å². The van der Waals surface area contributed by atoms with Gasteiger partial charge in [-0.2, -0.15) is 0 Å². The number of anilines is 1. The highest BCUT2D eigenvalue weighted by atomic mass is 19.1. The molecule has 0 bridgehead atoms. The largest absolute Gasteiger partial charge is 0.491 e. The summed E-state index contributed by atoms with van der Waals surface area (Å²) in [7, 11) is 0. The number of hydrogen-bond donors (Lipinski definition) is 0. The normalized spacial score (nSPS) is 14.1. The Bertz CT molecular complexity index is 924. The molecule has 0 atom stereocenters. The molecule has 0 N–H and O–H groups in total. The van der Waals surface area contributed by atoms with Gasteiger partial charge >= 0.3 is 5.97 Å². The summed E-state index contributed by atoms with van der Waals surface area (Å²) in [5.41, 5.74) is 0.407. The Hall–Kier alpha value is -3.23. The van der Waals surface area contributed by atoms with Gasteiger partial charge in [0.25, 0.3) is 0 Å². The van der Waals surface area contributed by atoms with Gasteiger partial charge in [-0.15, -0.1) is 0 Å². The fraction of sp³-hybridized carbons (Fsp3) is 0.435. The van der Waals surface area contributed by atoms with Gasteiger partial charge in [0.15, 0.2) is 11.6 Å². The van der Waals surface area contributed by atoms with Crippen molar-refractivity contribution in [1.29, 1.82) is 0 Å². The van der Waals surface area contributed by atoms with Crippen molar-refractivity contribution in [1.82, 2.24) is 9.88 Å². The van der Waals surface area contributed by atoms with Crippen molar-refractivity contribution in [2.24, 2.45) is 0 Å². The second-order valence-electron chi connectivity index (χ2n) is 7.37. The molecule has 0 spiro atoms. The Morgan fingerprint density at radius 2 is 1.94 bits per heavy atom. The van der Waals surface area contributed by atoms with Gasteiger partial charge in [0, 0.05) is 44.9 Å². The Morgan fingerprint density at radius 1 is 1.09 bits per heavy atom.